The van der Waals surface area contributed by atoms with Gasteiger partial charge < -0.3 is 19.5 Å². The smallest absolute Gasteiger partial charge is 0.170 e. The van der Waals surface area contributed by atoms with Crippen molar-refractivity contribution in [2.75, 3.05) is 33.9 Å². The van der Waals surface area contributed by atoms with Crippen LogP contribution in [-0.2, 0) is 5.60 Å². The molecule has 27 heavy (non-hydrogen) atoms. The van der Waals surface area contributed by atoms with Crippen molar-refractivity contribution in [3.8, 4) is 11.5 Å². The van der Waals surface area contributed by atoms with Crippen molar-refractivity contribution >= 4 is 5.78 Å². The molecular weight excluding hydrogens is 342 g/mol. The zero-order valence-corrected chi connectivity index (χ0v) is 16.1. The van der Waals surface area contributed by atoms with Crippen molar-refractivity contribution in [3.05, 3.63) is 59.7 Å². The number of nitrogens with zero attached hydrogens (tertiary/aromatic N) is 1. The number of hydrogen-bond acceptors (Lipinski definition) is 5. The quantitative estimate of drug-likeness (QED) is 0.793. The van der Waals surface area contributed by atoms with Crippen LogP contribution in [0.1, 0.15) is 29.3 Å². The second kappa shape index (κ2) is 8.11. The maximum absolute atomic E-state index is 13.3. The highest BCUT2D eigenvalue weighted by molar-refractivity contribution is 5.99. The summed E-state index contributed by atoms with van der Waals surface area (Å²) in [5.74, 6) is 0.851. The van der Waals surface area contributed by atoms with Crippen LogP contribution in [0.4, 0.5) is 0 Å². The summed E-state index contributed by atoms with van der Waals surface area (Å²) in [6.07, 6.45) is 0.514. The van der Waals surface area contributed by atoms with Gasteiger partial charge in [0, 0.05) is 18.7 Å². The molecule has 0 bridgehead atoms. The van der Waals surface area contributed by atoms with Gasteiger partial charge >= 0.3 is 0 Å². The number of carbonyl (C=O) groups excluding carboxylic acids is 1. The molecule has 2 atom stereocenters. The number of ether oxygens (including phenoxy) is 2. The molecule has 1 N–H and O–H groups in total. The van der Waals surface area contributed by atoms with Crippen LogP contribution in [0.3, 0.4) is 0 Å². The van der Waals surface area contributed by atoms with Gasteiger partial charge in [-0.3, -0.25) is 4.79 Å². The Morgan fingerprint density at radius 1 is 1.07 bits per heavy atom. The fraction of sp³-hybridized carbons (Fsp3) is 0.409. The molecule has 3 rings (SSSR count). The van der Waals surface area contributed by atoms with E-state index in [2.05, 4.69) is 11.8 Å². The van der Waals surface area contributed by atoms with Gasteiger partial charge in [-0.05, 0) is 54.9 Å². The van der Waals surface area contributed by atoms with Crippen molar-refractivity contribution in [2.24, 2.45) is 5.92 Å². The van der Waals surface area contributed by atoms with Crippen molar-refractivity contribution < 1.29 is 19.4 Å². The zero-order chi connectivity index (χ0) is 19.4. The lowest BCUT2D eigenvalue weighted by Gasteiger charge is -2.44. The third-order valence-corrected chi connectivity index (χ3v) is 5.55. The third kappa shape index (κ3) is 3.84. The first-order chi connectivity index (χ1) is 13.0. The van der Waals surface area contributed by atoms with E-state index >= 15 is 0 Å². The molecule has 5 heteroatoms. The summed E-state index contributed by atoms with van der Waals surface area (Å²) < 4.78 is 10.4. The Labute approximate surface area is 160 Å². The number of hydrogen-bond donors (Lipinski definition) is 1. The highest BCUT2D eigenvalue weighted by atomic mass is 16.5. The van der Waals surface area contributed by atoms with Crippen LogP contribution in [0.2, 0.25) is 0 Å². The molecular formula is C22H27NO4. The molecule has 2 aromatic rings. The van der Waals surface area contributed by atoms with Gasteiger partial charge in [0.15, 0.2) is 5.78 Å². The molecule has 0 aliphatic carbocycles. The second-order valence-corrected chi connectivity index (χ2v) is 6.94. The zero-order valence-electron chi connectivity index (χ0n) is 16.1. The van der Waals surface area contributed by atoms with Gasteiger partial charge in [-0.15, -0.1) is 0 Å². The summed E-state index contributed by atoms with van der Waals surface area (Å²) in [4.78, 5) is 15.5. The number of carbonyl (C=O) groups is 1. The van der Waals surface area contributed by atoms with Gasteiger partial charge in [0.2, 0.25) is 0 Å². The van der Waals surface area contributed by atoms with E-state index in [1.807, 2.05) is 24.3 Å². The summed E-state index contributed by atoms with van der Waals surface area (Å²) in [6, 6.07) is 14.5. The van der Waals surface area contributed by atoms with Crippen LogP contribution in [0.15, 0.2) is 48.5 Å². The lowest BCUT2D eigenvalue weighted by molar-refractivity contribution is -0.0632. The minimum atomic E-state index is -1.20. The predicted octanol–water partition coefficient (Wildman–Crippen LogP) is 3.12. The molecule has 144 valence electrons. The molecule has 1 aliphatic rings. The fourth-order valence-electron chi connectivity index (χ4n) is 3.77. The van der Waals surface area contributed by atoms with E-state index in [0.717, 1.165) is 24.4 Å². The van der Waals surface area contributed by atoms with E-state index in [9.17, 15) is 9.90 Å². The largest absolute Gasteiger partial charge is 0.497 e. The second-order valence-electron chi connectivity index (χ2n) is 6.94. The minimum absolute atomic E-state index is 0.0471. The first kappa shape index (κ1) is 19.4. The molecule has 1 heterocycles. The van der Waals surface area contributed by atoms with Gasteiger partial charge in [0.05, 0.1) is 20.1 Å². The number of methoxy groups -OCH3 is 2. The molecule has 1 aliphatic heterocycles. The van der Waals surface area contributed by atoms with Crippen LogP contribution < -0.4 is 9.47 Å². The van der Waals surface area contributed by atoms with Crippen LogP contribution in [-0.4, -0.2) is 49.6 Å². The van der Waals surface area contributed by atoms with Gasteiger partial charge in [-0.25, -0.2) is 0 Å². The summed E-state index contributed by atoms with van der Waals surface area (Å²) in [7, 11) is 3.21. The Hall–Kier alpha value is -2.37. The normalized spacial score (nSPS) is 23.0. The van der Waals surface area contributed by atoms with Crippen LogP contribution in [0.25, 0.3) is 0 Å². The molecule has 0 unspecified atom stereocenters. The summed E-state index contributed by atoms with van der Waals surface area (Å²) >= 11 is 0. The van der Waals surface area contributed by atoms with Crippen molar-refractivity contribution in [1.29, 1.82) is 0 Å². The highest BCUT2D eigenvalue weighted by Crippen LogP contribution is 2.40. The lowest BCUT2D eigenvalue weighted by Crippen LogP contribution is -2.53. The predicted molar refractivity (Wildman–Crippen MR) is 104 cm³/mol. The van der Waals surface area contributed by atoms with E-state index in [0.29, 0.717) is 24.3 Å². The number of Topliss-reactive ketones (excluding diaryl/α,β-unsaturated/α-hetero) is 1. The average Bonchev–Trinajstić information content (AvgIpc) is 2.73. The van der Waals surface area contributed by atoms with Gasteiger partial charge in [-0.1, -0.05) is 19.1 Å². The number of ketones is 1. The van der Waals surface area contributed by atoms with Crippen molar-refractivity contribution in [2.45, 2.75) is 18.9 Å². The van der Waals surface area contributed by atoms with Crippen molar-refractivity contribution in [3.63, 3.8) is 0 Å². The van der Waals surface area contributed by atoms with Crippen LogP contribution in [0, 0.1) is 5.92 Å². The minimum Gasteiger partial charge on any atom is -0.497 e. The van der Waals surface area contributed by atoms with Gasteiger partial charge in [-0.2, -0.15) is 0 Å². The Kier molecular flexibility index (Phi) is 5.82. The molecule has 0 radical (unpaired) electrons. The van der Waals surface area contributed by atoms with E-state index in [1.165, 1.54) is 0 Å². The molecule has 0 saturated carbocycles. The van der Waals surface area contributed by atoms with E-state index < -0.39 is 11.5 Å². The molecule has 5 nitrogen and oxygen atoms in total. The molecule has 1 fully saturated rings. The number of benzene rings is 2. The molecule has 0 spiro atoms. The Morgan fingerprint density at radius 3 is 2.15 bits per heavy atom. The maximum atomic E-state index is 13.3. The maximum Gasteiger partial charge on any atom is 0.170 e. The SMILES string of the molecule is CCN1CC[C@](O)(c2ccc(OC)cc2)[C@H](C(=O)c2ccc(OC)cc2)C1. The Balaban J connectivity index is 1.95. The monoisotopic (exact) mass is 369 g/mol. The molecule has 1 saturated heterocycles. The average molecular weight is 369 g/mol. The fourth-order valence-corrected chi connectivity index (χ4v) is 3.77. The Bertz CT molecular complexity index is 772. The first-order valence-corrected chi connectivity index (χ1v) is 9.29. The lowest BCUT2D eigenvalue weighted by atomic mass is 9.72. The number of likely N-dealkylation sites (tertiary alicyclic amines) is 1. The molecule has 0 aromatic heterocycles. The third-order valence-electron chi connectivity index (χ3n) is 5.55. The van der Waals surface area contributed by atoms with E-state index in [1.54, 1.807) is 38.5 Å². The number of piperidine rings is 1. The number of rotatable bonds is 6. The van der Waals surface area contributed by atoms with Crippen LogP contribution >= 0.6 is 0 Å². The Morgan fingerprint density at radius 2 is 1.63 bits per heavy atom. The van der Waals surface area contributed by atoms with Crippen LogP contribution in [0.5, 0.6) is 11.5 Å². The topological polar surface area (TPSA) is 59.0 Å². The number of aliphatic hydroxyl groups is 1. The molecule has 0 amide bonds. The van der Waals surface area contributed by atoms with Gasteiger partial charge in [0.25, 0.3) is 0 Å². The van der Waals surface area contributed by atoms with E-state index in [-0.39, 0.29) is 5.78 Å². The summed E-state index contributed by atoms with van der Waals surface area (Å²) in [6.45, 7) is 4.22. The van der Waals surface area contributed by atoms with Crippen molar-refractivity contribution in [1.82, 2.24) is 4.90 Å². The standard InChI is InChI=1S/C22H27NO4/c1-4-23-14-13-22(25,17-7-11-19(27-3)12-8-17)20(15-23)21(24)16-5-9-18(26-2)10-6-16/h5-12,20,25H,4,13-15H2,1-3H3/t20-,22-/m0/s1. The first-order valence-electron chi connectivity index (χ1n) is 9.29. The molecule has 2 aromatic carbocycles. The highest BCUT2D eigenvalue weighted by Gasteiger charge is 2.46. The summed E-state index contributed by atoms with van der Waals surface area (Å²) in [5, 5.41) is 11.6. The summed E-state index contributed by atoms with van der Waals surface area (Å²) in [5.41, 5.74) is 0.145. The van der Waals surface area contributed by atoms with E-state index in [4.69, 9.17) is 9.47 Å². The van der Waals surface area contributed by atoms with Gasteiger partial charge in [0.1, 0.15) is 17.1 Å².